The molecular formula is C7H5Br2NOS. The fraction of sp³-hybridized carbons (Fsp3) is 0.143. The molecule has 12 heavy (non-hydrogen) atoms. The fourth-order valence-corrected chi connectivity index (χ4v) is 1.85. The van der Waals surface area contributed by atoms with Crippen LogP contribution in [0.25, 0.3) is 0 Å². The Morgan fingerprint density at radius 2 is 2.17 bits per heavy atom. The minimum atomic E-state index is -0.0387. The van der Waals surface area contributed by atoms with Crippen molar-refractivity contribution in [3.63, 3.8) is 0 Å². The molecular weight excluding hydrogens is 306 g/mol. The number of thioether (sulfide) groups is 1. The monoisotopic (exact) mass is 309 g/mol. The normalized spacial score (nSPS) is 9.92. The van der Waals surface area contributed by atoms with Crippen molar-refractivity contribution < 1.29 is 4.79 Å². The van der Waals surface area contributed by atoms with E-state index in [9.17, 15) is 4.79 Å². The molecule has 0 spiro atoms. The zero-order chi connectivity index (χ0) is 9.14. The molecule has 1 heterocycles. The molecule has 0 saturated heterocycles. The van der Waals surface area contributed by atoms with Gasteiger partial charge in [0.1, 0.15) is 10.3 Å². The molecule has 0 aliphatic carbocycles. The number of halogens is 2. The first-order valence-corrected chi connectivity index (χ1v) is 5.86. The molecule has 0 aromatic carbocycles. The Morgan fingerprint density at radius 3 is 2.75 bits per heavy atom. The van der Waals surface area contributed by atoms with Gasteiger partial charge in [0.25, 0.3) is 0 Å². The standard InChI is InChI=1S/C7H5Br2NOS/c1-12-7(11)6-4(8)2-3-5(9)10-6/h2-3H,1H3. The quantitative estimate of drug-likeness (QED) is 0.747. The van der Waals surface area contributed by atoms with Crippen LogP contribution >= 0.6 is 43.6 Å². The third kappa shape index (κ3) is 2.31. The highest BCUT2D eigenvalue weighted by molar-refractivity contribution is 9.11. The lowest BCUT2D eigenvalue weighted by Gasteiger charge is -1.99. The number of aromatic nitrogens is 1. The number of rotatable bonds is 1. The van der Waals surface area contributed by atoms with Gasteiger partial charge in [-0.2, -0.15) is 0 Å². The van der Waals surface area contributed by atoms with Gasteiger partial charge in [0.2, 0.25) is 5.12 Å². The summed E-state index contributed by atoms with van der Waals surface area (Å²) in [6.45, 7) is 0. The van der Waals surface area contributed by atoms with Crippen molar-refractivity contribution in [2.45, 2.75) is 0 Å². The maximum atomic E-state index is 11.2. The fourth-order valence-electron chi connectivity index (χ4n) is 0.658. The van der Waals surface area contributed by atoms with E-state index >= 15 is 0 Å². The molecule has 0 amide bonds. The Balaban J connectivity index is 3.13. The van der Waals surface area contributed by atoms with E-state index in [0.717, 1.165) is 16.2 Å². The van der Waals surface area contributed by atoms with Gasteiger partial charge in [0, 0.05) is 4.47 Å². The Kier molecular flexibility index (Phi) is 3.74. The second kappa shape index (κ2) is 4.39. The van der Waals surface area contributed by atoms with Crippen LogP contribution in [0.1, 0.15) is 10.5 Å². The molecule has 0 aliphatic heterocycles. The number of hydrogen-bond donors (Lipinski definition) is 0. The van der Waals surface area contributed by atoms with E-state index in [-0.39, 0.29) is 5.12 Å². The summed E-state index contributed by atoms with van der Waals surface area (Å²) in [5.74, 6) is 0. The molecule has 1 aromatic rings. The molecule has 0 N–H and O–H groups in total. The van der Waals surface area contributed by atoms with Crippen molar-refractivity contribution in [2.24, 2.45) is 0 Å². The van der Waals surface area contributed by atoms with Crippen LogP contribution in [0.3, 0.4) is 0 Å². The average molecular weight is 311 g/mol. The van der Waals surface area contributed by atoms with Crippen molar-refractivity contribution in [3.05, 3.63) is 26.9 Å². The SMILES string of the molecule is CSC(=O)c1nc(Br)ccc1Br. The van der Waals surface area contributed by atoms with Crippen molar-refractivity contribution in [2.75, 3.05) is 6.26 Å². The van der Waals surface area contributed by atoms with Gasteiger partial charge in [0.15, 0.2) is 0 Å². The van der Waals surface area contributed by atoms with Gasteiger partial charge < -0.3 is 0 Å². The predicted molar refractivity (Wildman–Crippen MR) is 57.5 cm³/mol. The zero-order valence-corrected chi connectivity index (χ0v) is 10.2. The summed E-state index contributed by atoms with van der Waals surface area (Å²) in [6, 6.07) is 3.57. The lowest BCUT2D eigenvalue weighted by Crippen LogP contribution is -1.98. The van der Waals surface area contributed by atoms with E-state index in [1.807, 2.05) is 0 Å². The third-order valence-electron chi connectivity index (χ3n) is 1.19. The van der Waals surface area contributed by atoms with Gasteiger partial charge in [-0.1, -0.05) is 11.8 Å². The molecule has 0 aliphatic rings. The molecule has 0 unspecified atom stereocenters. The van der Waals surface area contributed by atoms with Crippen molar-refractivity contribution in [1.29, 1.82) is 0 Å². The average Bonchev–Trinajstić information content (AvgIpc) is 2.08. The van der Waals surface area contributed by atoms with E-state index in [1.165, 1.54) is 0 Å². The Morgan fingerprint density at radius 1 is 1.50 bits per heavy atom. The Bertz CT molecular complexity index is 316. The van der Waals surface area contributed by atoms with E-state index in [4.69, 9.17) is 0 Å². The number of carbonyl (C=O) groups excluding carboxylic acids is 1. The number of pyridine rings is 1. The van der Waals surface area contributed by atoms with E-state index in [2.05, 4.69) is 36.8 Å². The number of hydrogen-bond acceptors (Lipinski definition) is 3. The summed E-state index contributed by atoms with van der Waals surface area (Å²) in [5, 5.41) is -0.0387. The summed E-state index contributed by atoms with van der Waals surface area (Å²) < 4.78 is 1.40. The summed E-state index contributed by atoms with van der Waals surface area (Å²) >= 11 is 7.60. The van der Waals surface area contributed by atoms with Crippen molar-refractivity contribution >= 4 is 48.7 Å². The van der Waals surface area contributed by atoms with Gasteiger partial charge >= 0.3 is 0 Å². The highest BCUT2D eigenvalue weighted by Gasteiger charge is 2.10. The predicted octanol–water partition coefficient (Wildman–Crippen LogP) is 3.11. The van der Waals surface area contributed by atoms with Gasteiger partial charge in [-0.25, -0.2) is 4.98 Å². The van der Waals surface area contributed by atoms with Crippen LogP contribution in [0.15, 0.2) is 21.2 Å². The second-order valence-corrected chi connectivity index (χ2v) is 4.40. The minimum absolute atomic E-state index is 0.0387. The largest absolute Gasteiger partial charge is 0.280 e. The summed E-state index contributed by atoms with van der Waals surface area (Å²) in [4.78, 5) is 15.3. The molecule has 1 aromatic heterocycles. The van der Waals surface area contributed by atoms with E-state index in [1.54, 1.807) is 18.4 Å². The van der Waals surface area contributed by atoms with Crippen LogP contribution in [-0.2, 0) is 0 Å². The molecule has 2 nitrogen and oxygen atoms in total. The highest BCUT2D eigenvalue weighted by atomic mass is 79.9. The zero-order valence-electron chi connectivity index (χ0n) is 6.17. The van der Waals surface area contributed by atoms with Crippen LogP contribution in [-0.4, -0.2) is 16.4 Å². The van der Waals surface area contributed by atoms with Crippen LogP contribution in [0.2, 0.25) is 0 Å². The summed E-state index contributed by atoms with van der Waals surface area (Å²) in [7, 11) is 0. The summed E-state index contributed by atoms with van der Waals surface area (Å²) in [6.07, 6.45) is 1.73. The highest BCUT2D eigenvalue weighted by Crippen LogP contribution is 2.20. The van der Waals surface area contributed by atoms with Crippen molar-refractivity contribution in [1.82, 2.24) is 4.98 Å². The molecule has 64 valence electrons. The first-order valence-electron chi connectivity index (χ1n) is 3.05. The first-order chi connectivity index (χ1) is 5.65. The van der Waals surface area contributed by atoms with Crippen molar-refractivity contribution in [3.8, 4) is 0 Å². The third-order valence-corrected chi connectivity index (χ3v) is 2.84. The lowest BCUT2D eigenvalue weighted by molar-refractivity contribution is 0.108. The topological polar surface area (TPSA) is 30.0 Å². The van der Waals surface area contributed by atoms with Crippen LogP contribution in [0.4, 0.5) is 0 Å². The van der Waals surface area contributed by atoms with Crippen LogP contribution in [0, 0.1) is 0 Å². The van der Waals surface area contributed by atoms with Gasteiger partial charge in [0.05, 0.1) is 0 Å². The number of carbonyl (C=O) groups is 1. The first kappa shape index (κ1) is 10.2. The molecule has 1 rings (SSSR count). The molecule has 0 bridgehead atoms. The van der Waals surface area contributed by atoms with Gasteiger partial charge in [-0.15, -0.1) is 0 Å². The van der Waals surface area contributed by atoms with Crippen LogP contribution in [0.5, 0.6) is 0 Å². The molecule has 0 radical (unpaired) electrons. The van der Waals surface area contributed by atoms with Gasteiger partial charge in [-0.3, -0.25) is 4.79 Å². The second-order valence-electron chi connectivity index (χ2n) is 1.96. The minimum Gasteiger partial charge on any atom is -0.280 e. The molecule has 5 heteroatoms. The Hall–Kier alpha value is 0.130. The van der Waals surface area contributed by atoms with Crippen LogP contribution < -0.4 is 0 Å². The summed E-state index contributed by atoms with van der Waals surface area (Å²) in [5.41, 5.74) is 0.455. The Labute approximate surface area is 91.4 Å². The van der Waals surface area contributed by atoms with Gasteiger partial charge in [-0.05, 0) is 50.2 Å². The maximum absolute atomic E-state index is 11.2. The smallest absolute Gasteiger partial charge is 0.238 e. The molecule has 0 atom stereocenters. The molecule has 0 fully saturated rings. The maximum Gasteiger partial charge on any atom is 0.238 e. The number of nitrogens with zero attached hydrogens (tertiary/aromatic N) is 1. The lowest BCUT2D eigenvalue weighted by atomic mass is 10.4. The molecule has 0 saturated carbocycles. The van der Waals surface area contributed by atoms with E-state index in [0.29, 0.717) is 10.3 Å². The van der Waals surface area contributed by atoms with E-state index < -0.39 is 0 Å².